The molecule has 100 valence electrons. The van der Waals surface area contributed by atoms with E-state index in [1.54, 1.807) is 11.3 Å². The largest absolute Gasteiger partial charge is 0.353 e. The molecule has 1 unspecified atom stereocenters. The van der Waals surface area contributed by atoms with E-state index in [2.05, 4.69) is 23.7 Å². The first-order valence-corrected chi connectivity index (χ1v) is 7.56. The van der Waals surface area contributed by atoms with Gasteiger partial charge in [0.2, 0.25) is 5.91 Å². The summed E-state index contributed by atoms with van der Waals surface area (Å²) in [6.07, 6.45) is 5.67. The second-order valence-electron chi connectivity index (χ2n) is 5.50. The van der Waals surface area contributed by atoms with Gasteiger partial charge in [0.15, 0.2) is 0 Å². The Balaban J connectivity index is 1.76. The van der Waals surface area contributed by atoms with Crippen molar-refractivity contribution in [1.82, 2.24) is 5.32 Å². The van der Waals surface area contributed by atoms with Crippen molar-refractivity contribution in [1.29, 1.82) is 0 Å². The zero-order chi connectivity index (χ0) is 13.0. The second-order valence-corrected chi connectivity index (χ2v) is 6.53. The molecule has 1 aliphatic carbocycles. The van der Waals surface area contributed by atoms with Gasteiger partial charge in [-0.2, -0.15) is 0 Å². The van der Waals surface area contributed by atoms with Crippen molar-refractivity contribution in [2.24, 2.45) is 5.73 Å². The number of carbonyl (C=O) groups is 1. The van der Waals surface area contributed by atoms with E-state index >= 15 is 0 Å². The highest BCUT2D eigenvalue weighted by Gasteiger charge is 2.31. The van der Waals surface area contributed by atoms with Gasteiger partial charge in [0.1, 0.15) is 0 Å². The lowest BCUT2D eigenvalue weighted by Gasteiger charge is -2.23. The molecule has 2 rings (SSSR count). The zero-order valence-electron chi connectivity index (χ0n) is 10.9. The molecule has 18 heavy (non-hydrogen) atoms. The Kier molecular flexibility index (Phi) is 4.40. The van der Waals surface area contributed by atoms with Gasteiger partial charge >= 0.3 is 0 Å². The molecule has 0 aliphatic heterocycles. The van der Waals surface area contributed by atoms with Crippen LogP contribution in [0, 0.1) is 0 Å². The Labute approximate surface area is 113 Å². The maximum Gasteiger partial charge on any atom is 0.222 e. The molecule has 3 nitrogen and oxygen atoms in total. The summed E-state index contributed by atoms with van der Waals surface area (Å²) in [5.41, 5.74) is 5.97. The third kappa shape index (κ3) is 3.82. The summed E-state index contributed by atoms with van der Waals surface area (Å²) in [6.45, 7) is 2.05. The van der Waals surface area contributed by atoms with Crippen LogP contribution in [0.25, 0.3) is 0 Å². The average Bonchev–Trinajstić information content (AvgIpc) is 2.89. The number of amides is 1. The molecule has 0 bridgehead atoms. The van der Waals surface area contributed by atoms with Gasteiger partial charge in [-0.1, -0.05) is 18.9 Å². The van der Waals surface area contributed by atoms with E-state index in [0.717, 1.165) is 32.1 Å². The molecule has 3 N–H and O–H groups in total. The minimum atomic E-state index is -0.243. The van der Waals surface area contributed by atoms with Gasteiger partial charge in [0, 0.05) is 29.3 Å². The first-order valence-electron chi connectivity index (χ1n) is 6.68. The van der Waals surface area contributed by atoms with Crippen LogP contribution < -0.4 is 11.1 Å². The third-order valence-electron chi connectivity index (χ3n) is 3.61. The van der Waals surface area contributed by atoms with Crippen molar-refractivity contribution >= 4 is 17.2 Å². The summed E-state index contributed by atoms with van der Waals surface area (Å²) in [5.74, 6) is 0.100. The van der Waals surface area contributed by atoms with Gasteiger partial charge in [-0.15, -0.1) is 11.3 Å². The number of hydrogen-bond acceptors (Lipinski definition) is 3. The van der Waals surface area contributed by atoms with Crippen molar-refractivity contribution in [3.63, 3.8) is 0 Å². The first kappa shape index (κ1) is 13.6. The normalized spacial score (nSPS) is 19.7. The molecule has 0 radical (unpaired) electrons. The number of rotatable bonds is 5. The second kappa shape index (κ2) is 5.85. The molecule has 1 aromatic rings. The molecule has 1 amide bonds. The minimum Gasteiger partial charge on any atom is -0.353 e. The molecule has 1 heterocycles. The number of nitrogens with one attached hydrogen (secondary N) is 1. The summed E-state index contributed by atoms with van der Waals surface area (Å²) in [5, 5.41) is 5.12. The number of thiophene rings is 1. The maximum absolute atomic E-state index is 12.0. The summed E-state index contributed by atoms with van der Waals surface area (Å²) in [4.78, 5) is 13.3. The van der Waals surface area contributed by atoms with Crippen LogP contribution in [-0.2, 0) is 11.2 Å². The van der Waals surface area contributed by atoms with Crippen molar-refractivity contribution in [3.8, 4) is 0 Å². The molecule has 1 aliphatic rings. The topological polar surface area (TPSA) is 55.1 Å². The lowest BCUT2D eigenvalue weighted by atomic mass is 9.94. The monoisotopic (exact) mass is 266 g/mol. The Bertz CT molecular complexity index is 383. The molecule has 1 fully saturated rings. The number of hydrogen-bond donors (Lipinski definition) is 2. The fourth-order valence-corrected chi connectivity index (χ4v) is 3.52. The van der Waals surface area contributed by atoms with Gasteiger partial charge in [-0.3, -0.25) is 4.79 Å². The van der Waals surface area contributed by atoms with E-state index in [1.807, 2.05) is 6.07 Å². The SMILES string of the molecule is CC(Cc1cccs1)NC(=O)CC1(N)CCCC1. The van der Waals surface area contributed by atoms with Gasteiger partial charge in [0.05, 0.1) is 0 Å². The summed E-state index contributed by atoms with van der Waals surface area (Å²) in [7, 11) is 0. The Morgan fingerprint density at radius 1 is 1.56 bits per heavy atom. The number of carbonyl (C=O) groups excluding carboxylic acids is 1. The summed E-state index contributed by atoms with van der Waals surface area (Å²) in [6, 6.07) is 4.33. The van der Waals surface area contributed by atoms with E-state index in [4.69, 9.17) is 5.73 Å². The van der Waals surface area contributed by atoms with Crippen LogP contribution in [-0.4, -0.2) is 17.5 Å². The van der Waals surface area contributed by atoms with Gasteiger partial charge < -0.3 is 11.1 Å². The molecule has 0 aromatic carbocycles. The highest BCUT2D eigenvalue weighted by molar-refractivity contribution is 7.09. The van der Waals surface area contributed by atoms with E-state index in [0.29, 0.717) is 6.42 Å². The van der Waals surface area contributed by atoms with Crippen LogP contribution in [0.2, 0.25) is 0 Å². The standard InChI is InChI=1S/C14H22N2OS/c1-11(9-12-5-4-8-18-12)16-13(17)10-14(15)6-2-3-7-14/h4-5,8,11H,2-3,6-7,9-10,15H2,1H3,(H,16,17). The minimum absolute atomic E-state index is 0.100. The zero-order valence-corrected chi connectivity index (χ0v) is 11.8. The Morgan fingerprint density at radius 2 is 2.28 bits per heavy atom. The predicted molar refractivity (Wildman–Crippen MR) is 75.6 cm³/mol. The Morgan fingerprint density at radius 3 is 2.89 bits per heavy atom. The van der Waals surface area contributed by atoms with E-state index < -0.39 is 0 Å². The molecule has 0 saturated heterocycles. The smallest absolute Gasteiger partial charge is 0.222 e. The summed E-state index contributed by atoms with van der Waals surface area (Å²) < 4.78 is 0. The average molecular weight is 266 g/mol. The fraction of sp³-hybridized carbons (Fsp3) is 0.643. The van der Waals surface area contributed by atoms with E-state index in [1.165, 1.54) is 4.88 Å². The first-order chi connectivity index (χ1) is 8.57. The van der Waals surface area contributed by atoms with Crippen LogP contribution in [0.5, 0.6) is 0 Å². The lowest BCUT2D eigenvalue weighted by molar-refractivity contribution is -0.122. The summed E-state index contributed by atoms with van der Waals surface area (Å²) >= 11 is 1.73. The van der Waals surface area contributed by atoms with E-state index in [9.17, 15) is 4.79 Å². The molecule has 1 atom stereocenters. The number of nitrogens with two attached hydrogens (primary N) is 1. The van der Waals surface area contributed by atoms with Crippen molar-refractivity contribution in [2.45, 2.75) is 57.0 Å². The van der Waals surface area contributed by atoms with Crippen LogP contribution in [0.3, 0.4) is 0 Å². The predicted octanol–water partition coefficient (Wildman–Crippen LogP) is 2.46. The van der Waals surface area contributed by atoms with Crippen molar-refractivity contribution in [3.05, 3.63) is 22.4 Å². The van der Waals surface area contributed by atoms with Crippen LogP contribution >= 0.6 is 11.3 Å². The quantitative estimate of drug-likeness (QED) is 0.860. The molecule has 4 heteroatoms. The maximum atomic E-state index is 12.0. The van der Waals surface area contributed by atoms with Crippen molar-refractivity contribution in [2.75, 3.05) is 0 Å². The van der Waals surface area contributed by atoms with E-state index in [-0.39, 0.29) is 17.5 Å². The molecular formula is C14H22N2OS. The third-order valence-corrected chi connectivity index (χ3v) is 4.51. The van der Waals surface area contributed by atoms with Crippen LogP contribution in [0.1, 0.15) is 43.9 Å². The molecular weight excluding hydrogens is 244 g/mol. The molecule has 0 spiro atoms. The lowest BCUT2D eigenvalue weighted by Crippen LogP contribution is -2.44. The highest BCUT2D eigenvalue weighted by Crippen LogP contribution is 2.29. The van der Waals surface area contributed by atoms with Crippen LogP contribution in [0.4, 0.5) is 0 Å². The van der Waals surface area contributed by atoms with Crippen molar-refractivity contribution < 1.29 is 4.79 Å². The molecule has 1 aromatic heterocycles. The fourth-order valence-electron chi connectivity index (χ4n) is 2.68. The Hall–Kier alpha value is -0.870. The van der Waals surface area contributed by atoms with Crippen LogP contribution in [0.15, 0.2) is 17.5 Å². The van der Waals surface area contributed by atoms with Gasteiger partial charge in [0.25, 0.3) is 0 Å². The highest BCUT2D eigenvalue weighted by atomic mass is 32.1. The van der Waals surface area contributed by atoms with Gasteiger partial charge in [-0.25, -0.2) is 0 Å². The molecule has 1 saturated carbocycles. The van der Waals surface area contributed by atoms with Gasteiger partial charge in [-0.05, 0) is 31.2 Å².